The lowest BCUT2D eigenvalue weighted by Crippen LogP contribution is -1.91. The zero-order valence-electron chi connectivity index (χ0n) is 36.6. The maximum absolute atomic E-state index is 10.6. The molecule has 3 heterocycles. The smallest absolute Gasteiger partial charge is 0.0992 e. The number of rotatable bonds is 6. The summed E-state index contributed by atoms with van der Waals surface area (Å²) in [5, 5.41) is 39.1. The molecule has 10 aromatic carbocycles. The van der Waals surface area contributed by atoms with E-state index < -0.39 is 0 Å². The van der Waals surface area contributed by atoms with E-state index >= 15 is 0 Å². The van der Waals surface area contributed by atoms with Crippen molar-refractivity contribution in [3.05, 3.63) is 217 Å². The Hall–Kier alpha value is -8.67. The summed E-state index contributed by atoms with van der Waals surface area (Å²) in [6, 6.07) is 77.2. The van der Waals surface area contributed by atoms with Gasteiger partial charge in [0.25, 0.3) is 0 Å². The van der Waals surface area contributed by atoms with Gasteiger partial charge in [0.2, 0.25) is 0 Å². The van der Waals surface area contributed by atoms with Crippen molar-refractivity contribution in [2.45, 2.75) is 0 Å². The SMILES string of the molecule is N#Cc1cc(-c2cc(-c3cc(C#N)cc(-c4cccc5c4sc4ccccc45)c3)cc(-c3cc(C#N)cc(-c4cccc5c4sc4ccccc45)c3)c2)cc(-c2cccc3c2sc2ccccc23)c1. The highest BCUT2D eigenvalue weighted by molar-refractivity contribution is 7.27. The topological polar surface area (TPSA) is 71.4 Å². The zero-order valence-corrected chi connectivity index (χ0v) is 39.1. The molecule has 0 bridgehead atoms. The Labute approximate surface area is 409 Å². The molecule has 3 nitrogen and oxygen atoms in total. The summed E-state index contributed by atoms with van der Waals surface area (Å²) in [5.41, 5.74) is 13.2. The van der Waals surface area contributed by atoms with Gasteiger partial charge in [0.05, 0.1) is 34.9 Å². The van der Waals surface area contributed by atoms with E-state index in [0.29, 0.717) is 16.7 Å². The van der Waals surface area contributed by atoms with Gasteiger partial charge in [-0.15, -0.1) is 34.0 Å². The average molecular weight is 928 g/mol. The molecule has 0 saturated heterocycles. The molecule has 0 aliphatic rings. The van der Waals surface area contributed by atoms with E-state index in [2.05, 4.69) is 182 Å². The molecule has 0 amide bonds. The monoisotopic (exact) mass is 927 g/mol. The van der Waals surface area contributed by atoms with Gasteiger partial charge in [-0.2, -0.15) is 15.8 Å². The fourth-order valence-corrected chi connectivity index (χ4v) is 13.8. The van der Waals surface area contributed by atoms with Crippen LogP contribution in [0.15, 0.2) is 200 Å². The Morgan fingerprint density at radius 1 is 0.246 bits per heavy atom. The van der Waals surface area contributed by atoms with Gasteiger partial charge in [0.1, 0.15) is 0 Å². The minimum atomic E-state index is 0.558. The first kappa shape index (κ1) is 40.6. The minimum absolute atomic E-state index is 0.558. The van der Waals surface area contributed by atoms with E-state index in [1.54, 1.807) is 34.0 Å². The fourth-order valence-electron chi connectivity index (χ4n) is 10.1. The van der Waals surface area contributed by atoms with Gasteiger partial charge in [0.15, 0.2) is 0 Å². The Morgan fingerprint density at radius 3 is 0.797 bits per heavy atom. The first-order chi connectivity index (χ1) is 34.0. The van der Waals surface area contributed by atoms with Crippen LogP contribution in [-0.4, -0.2) is 0 Å². The van der Waals surface area contributed by atoms with Crippen molar-refractivity contribution in [1.82, 2.24) is 0 Å². The molecule has 0 N–H and O–H groups in total. The van der Waals surface area contributed by atoms with Gasteiger partial charge in [-0.1, -0.05) is 109 Å². The summed E-state index contributed by atoms with van der Waals surface area (Å²) < 4.78 is 7.20. The second-order valence-electron chi connectivity index (χ2n) is 17.4. The van der Waals surface area contributed by atoms with Crippen molar-refractivity contribution in [2.75, 3.05) is 0 Å². The summed E-state index contributed by atoms with van der Waals surface area (Å²) in [4.78, 5) is 0. The zero-order chi connectivity index (χ0) is 46.2. The van der Waals surface area contributed by atoms with Crippen molar-refractivity contribution in [3.63, 3.8) is 0 Å². The summed E-state index contributed by atoms with van der Waals surface area (Å²) in [5.74, 6) is 0. The highest BCUT2D eigenvalue weighted by Crippen LogP contribution is 2.46. The molecule has 69 heavy (non-hydrogen) atoms. The molecule has 0 aliphatic heterocycles. The predicted molar refractivity (Wildman–Crippen MR) is 292 cm³/mol. The Balaban J connectivity index is 1.04. The molecular weight excluding hydrogens is 895 g/mol. The lowest BCUT2D eigenvalue weighted by Gasteiger charge is -2.15. The Morgan fingerprint density at radius 2 is 0.493 bits per heavy atom. The standard InChI is InChI=1S/C63H33N3S3/c64-34-37-22-40(31-46(25-37)49-13-7-16-55-52-10-1-4-19-58(52)67-61(49)55)43-28-44(41-23-38(35-65)26-47(32-41)50-14-8-17-56-53-11-2-5-20-59(53)68-62(50)56)30-45(29-43)42-24-39(36-66)27-48(33-42)51-15-9-18-57-54-12-3-6-21-60(54)69-63(51)57/h1-33H. The highest BCUT2D eigenvalue weighted by atomic mass is 32.1. The number of nitrogens with zero attached hydrogens (tertiary/aromatic N) is 3. The summed E-state index contributed by atoms with van der Waals surface area (Å²) >= 11 is 5.32. The third-order valence-electron chi connectivity index (χ3n) is 13.3. The first-order valence-corrected chi connectivity index (χ1v) is 25.0. The normalized spacial score (nSPS) is 11.4. The van der Waals surface area contributed by atoms with Crippen LogP contribution in [0, 0.1) is 34.0 Å². The van der Waals surface area contributed by atoms with Crippen molar-refractivity contribution < 1.29 is 0 Å². The molecule has 0 atom stereocenters. The molecule has 13 aromatic rings. The van der Waals surface area contributed by atoms with Crippen LogP contribution < -0.4 is 0 Å². The average Bonchev–Trinajstić information content (AvgIpc) is 4.12. The van der Waals surface area contributed by atoms with Crippen molar-refractivity contribution >= 4 is 94.5 Å². The van der Waals surface area contributed by atoms with Gasteiger partial charge in [0, 0.05) is 60.5 Å². The predicted octanol–water partition coefficient (Wildman–Crippen LogP) is 18.4. The number of fused-ring (bicyclic) bond motifs is 9. The van der Waals surface area contributed by atoms with Crippen molar-refractivity contribution in [3.8, 4) is 85.0 Å². The largest absolute Gasteiger partial charge is 0.192 e. The molecule has 13 rings (SSSR count). The molecule has 0 unspecified atom stereocenters. The Bertz CT molecular complexity index is 3970. The van der Waals surface area contributed by atoms with Gasteiger partial charge >= 0.3 is 0 Å². The molecule has 6 heteroatoms. The van der Waals surface area contributed by atoms with Gasteiger partial charge < -0.3 is 0 Å². The molecule has 0 fully saturated rings. The number of nitriles is 3. The molecule has 0 saturated carbocycles. The van der Waals surface area contributed by atoms with E-state index in [1.807, 2.05) is 36.4 Å². The van der Waals surface area contributed by atoms with Crippen LogP contribution in [0.3, 0.4) is 0 Å². The summed E-state index contributed by atoms with van der Waals surface area (Å²) in [6.07, 6.45) is 0. The minimum Gasteiger partial charge on any atom is -0.192 e. The highest BCUT2D eigenvalue weighted by Gasteiger charge is 2.18. The number of benzene rings is 10. The van der Waals surface area contributed by atoms with Crippen LogP contribution in [0.25, 0.3) is 127 Å². The number of thiophene rings is 3. The lowest BCUT2D eigenvalue weighted by atomic mass is 9.88. The molecule has 0 aliphatic carbocycles. The molecule has 318 valence electrons. The Kier molecular flexibility index (Phi) is 9.58. The maximum atomic E-state index is 10.6. The second-order valence-corrected chi connectivity index (χ2v) is 20.5. The first-order valence-electron chi connectivity index (χ1n) is 22.5. The van der Waals surface area contributed by atoms with E-state index in [0.717, 1.165) is 66.8 Å². The maximum Gasteiger partial charge on any atom is 0.0992 e. The third kappa shape index (κ3) is 6.88. The van der Waals surface area contributed by atoms with E-state index in [9.17, 15) is 15.8 Å². The second kappa shape index (κ2) is 16.3. The molecule has 0 radical (unpaired) electrons. The van der Waals surface area contributed by atoms with Crippen LogP contribution in [-0.2, 0) is 0 Å². The third-order valence-corrected chi connectivity index (χ3v) is 16.9. The van der Waals surface area contributed by atoms with E-state index in [-0.39, 0.29) is 0 Å². The van der Waals surface area contributed by atoms with Crippen LogP contribution in [0.2, 0.25) is 0 Å². The van der Waals surface area contributed by atoms with Gasteiger partial charge in [-0.05, 0) is 158 Å². The lowest BCUT2D eigenvalue weighted by molar-refractivity contribution is 1.47. The molecular formula is C63H33N3S3. The quantitative estimate of drug-likeness (QED) is 0.167. The van der Waals surface area contributed by atoms with E-state index in [4.69, 9.17) is 0 Å². The van der Waals surface area contributed by atoms with Gasteiger partial charge in [-0.25, -0.2) is 0 Å². The fraction of sp³-hybridized carbons (Fsp3) is 0. The van der Waals surface area contributed by atoms with Crippen LogP contribution in [0.5, 0.6) is 0 Å². The van der Waals surface area contributed by atoms with Crippen LogP contribution >= 0.6 is 34.0 Å². The van der Waals surface area contributed by atoms with Crippen molar-refractivity contribution in [1.29, 1.82) is 15.8 Å². The summed E-state index contributed by atoms with van der Waals surface area (Å²) in [6.45, 7) is 0. The van der Waals surface area contributed by atoms with E-state index in [1.165, 1.54) is 60.5 Å². The number of hydrogen-bond donors (Lipinski definition) is 0. The molecule has 3 aromatic heterocycles. The van der Waals surface area contributed by atoms with Crippen molar-refractivity contribution in [2.24, 2.45) is 0 Å². The summed E-state index contributed by atoms with van der Waals surface area (Å²) in [7, 11) is 0. The van der Waals surface area contributed by atoms with Crippen LogP contribution in [0.1, 0.15) is 16.7 Å². The van der Waals surface area contributed by atoms with Crippen LogP contribution in [0.4, 0.5) is 0 Å². The van der Waals surface area contributed by atoms with Gasteiger partial charge in [-0.3, -0.25) is 0 Å². The molecule has 0 spiro atoms. The number of hydrogen-bond acceptors (Lipinski definition) is 6.